The highest BCUT2D eigenvalue weighted by Gasteiger charge is 2.25. The first-order valence-electron chi connectivity index (χ1n) is 15.2. The zero-order valence-electron chi connectivity index (χ0n) is 27.1. The number of phenolic OH excluding ortho intramolecular Hbond substituents is 1. The van der Waals surface area contributed by atoms with Crippen LogP contribution in [-0.4, -0.2) is 73.6 Å². The van der Waals surface area contributed by atoms with Gasteiger partial charge in [0, 0.05) is 24.7 Å². The summed E-state index contributed by atoms with van der Waals surface area (Å²) in [5.74, 6) is -1.36. The first-order chi connectivity index (χ1) is 21.4. The van der Waals surface area contributed by atoms with Crippen LogP contribution in [0.5, 0.6) is 11.5 Å². The van der Waals surface area contributed by atoms with Crippen LogP contribution in [0, 0.1) is 0 Å². The van der Waals surface area contributed by atoms with E-state index >= 15 is 0 Å². The molecule has 0 saturated carbocycles. The molecule has 2 aromatic rings. The van der Waals surface area contributed by atoms with Gasteiger partial charge in [0.05, 0.1) is 26.7 Å². The van der Waals surface area contributed by atoms with Crippen LogP contribution < -0.4 is 20.7 Å². The number of esters is 2. The van der Waals surface area contributed by atoms with Gasteiger partial charge in [0.15, 0.2) is 0 Å². The molecule has 2 amide bonds. The van der Waals surface area contributed by atoms with Gasteiger partial charge in [0.1, 0.15) is 28.7 Å². The van der Waals surface area contributed by atoms with Crippen LogP contribution >= 0.6 is 0 Å². The molecule has 45 heavy (non-hydrogen) atoms. The number of ether oxygens (including phenoxy) is 4. The van der Waals surface area contributed by atoms with Crippen molar-refractivity contribution in [1.82, 2.24) is 10.6 Å². The van der Waals surface area contributed by atoms with Gasteiger partial charge in [0.25, 0.3) is 0 Å². The fourth-order valence-corrected chi connectivity index (χ4v) is 4.28. The number of unbranched alkanes of at least 4 members (excludes halogenated alkanes) is 1. The molecule has 12 heteroatoms. The van der Waals surface area contributed by atoms with Crippen molar-refractivity contribution in [3.63, 3.8) is 0 Å². The van der Waals surface area contributed by atoms with Crippen LogP contribution in [0.15, 0.2) is 42.5 Å². The lowest BCUT2D eigenvalue weighted by molar-refractivity contribution is -0.143. The number of rotatable bonds is 17. The fraction of sp³-hybridized carbons (Fsp3) is 0.515. The minimum atomic E-state index is -0.892. The molecule has 0 aliphatic heterocycles. The third-order valence-corrected chi connectivity index (χ3v) is 6.50. The molecule has 4 N–H and O–H groups in total. The van der Waals surface area contributed by atoms with E-state index < -0.39 is 23.7 Å². The fourth-order valence-electron chi connectivity index (χ4n) is 4.28. The summed E-state index contributed by atoms with van der Waals surface area (Å²) >= 11 is 0. The van der Waals surface area contributed by atoms with E-state index in [1.807, 2.05) is 31.2 Å². The predicted molar refractivity (Wildman–Crippen MR) is 169 cm³/mol. The highest BCUT2D eigenvalue weighted by Crippen LogP contribution is 2.28. The number of carbonyl (C=O) groups is 4. The number of anilines is 1. The van der Waals surface area contributed by atoms with Crippen molar-refractivity contribution < 1.29 is 43.2 Å². The lowest BCUT2D eigenvalue weighted by Crippen LogP contribution is -2.49. The van der Waals surface area contributed by atoms with Crippen molar-refractivity contribution in [2.75, 3.05) is 32.2 Å². The molecular formula is C33H47N3O9. The molecule has 2 rings (SSSR count). The summed E-state index contributed by atoms with van der Waals surface area (Å²) in [6.45, 7) is 9.88. The number of benzene rings is 2. The number of aromatic hydroxyl groups is 1. The number of amides is 2. The van der Waals surface area contributed by atoms with Crippen LogP contribution in [0.25, 0.3) is 0 Å². The first-order valence-corrected chi connectivity index (χ1v) is 15.2. The van der Waals surface area contributed by atoms with Crippen LogP contribution in [0.1, 0.15) is 76.2 Å². The minimum absolute atomic E-state index is 0.0463. The van der Waals surface area contributed by atoms with Gasteiger partial charge >= 0.3 is 18.0 Å². The topological polar surface area (TPSA) is 162 Å². The lowest BCUT2D eigenvalue weighted by Gasteiger charge is -2.23. The molecule has 0 aliphatic carbocycles. The van der Waals surface area contributed by atoms with E-state index in [0.29, 0.717) is 26.0 Å². The summed E-state index contributed by atoms with van der Waals surface area (Å²) in [6, 6.07) is 11.0. The summed E-state index contributed by atoms with van der Waals surface area (Å²) < 4.78 is 20.8. The number of nitrogens with one attached hydrogen (secondary N) is 3. The number of carbonyl (C=O) groups excluding carboxylic acids is 4. The van der Waals surface area contributed by atoms with E-state index in [1.54, 1.807) is 39.8 Å². The summed E-state index contributed by atoms with van der Waals surface area (Å²) in [4.78, 5) is 49.6. The Morgan fingerprint density at radius 2 is 1.69 bits per heavy atom. The van der Waals surface area contributed by atoms with E-state index in [2.05, 4.69) is 16.0 Å². The molecule has 0 heterocycles. The van der Waals surface area contributed by atoms with Crippen molar-refractivity contribution in [1.29, 1.82) is 0 Å². The Balaban J connectivity index is 1.96. The number of alkyl carbamates (subject to hydrolysis) is 1. The zero-order chi connectivity index (χ0) is 33.4. The summed E-state index contributed by atoms with van der Waals surface area (Å²) in [5.41, 5.74) is 0.856. The second-order valence-corrected chi connectivity index (χ2v) is 11.3. The summed E-state index contributed by atoms with van der Waals surface area (Å²) in [7, 11) is 1.22. The van der Waals surface area contributed by atoms with E-state index in [4.69, 9.17) is 18.9 Å². The maximum absolute atomic E-state index is 13.2. The molecule has 2 aromatic carbocycles. The quantitative estimate of drug-likeness (QED) is 0.109. The number of hydrogen-bond acceptors (Lipinski definition) is 10. The molecule has 0 fully saturated rings. The molecule has 0 aromatic heterocycles. The second-order valence-electron chi connectivity index (χ2n) is 11.3. The van der Waals surface area contributed by atoms with Crippen LogP contribution in [0.3, 0.4) is 0 Å². The maximum atomic E-state index is 13.2. The maximum Gasteiger partial charge on any atom is 0.408 e. The molecule has 0 spiro atoms. The van der Waals surface area contributed by atoms with E-state index in [9.17, 15) is 24.3 Å². The Hall–Kier alpha value is -4.48. The van der Waals surface area contributed by atoms with Gasteiger partial charge in [0.2, 0.25) is 5.91 Å². The van der Waals surface area contributed by atoms with Crippen molar-refractivity contribution >= 4 is 29.6 Å². The van der Waals surface area contributed by atoms with Crippen LogP contribution in [-0.2, 0) is 30.2 Å². The molecule has 2 atom stereocenters. The SMILES string of the molecule is CCOC(=O)CC(CC)Nc1ccc(C[C@H](NC(=O)OC(C)(C)C)C(=O)NCCCCOc2cccc(O)c2C(=O)OC)cc1. The molecule has 12 nitrogen and oxygen atoms in total. The molecular weight excluding hydrogens is 582 g/mol. The number of methoxy groups -OCH3 is 1. The Morgan fingerprint density at radius 3 is 2.31 bits per heavy atom. The first kappa shape index (κ1) is 36.7. The molecule has 0 bridgehead atoms. The monoisotopic (exact) mass is 629 g/mol. The third kappa shape index (κ3) is 13.4. The lowest BCUT2D eigenvalue weighted by atomic mass is 10.0. The second kappa shape index (κ2) is 18.4. The van der Waals surface area contributed by atoms with E-state index in [0.717, 1.165) is 17.7 Å². The van der Waals surface area contributed by atoms with Crippen molar-refractivity contribution in [3.8, 4) is 11.5 Å². The Kier molecular flexibility index (Phi) is 15.0. The van der Waals surface area contributed by atoms with Gasteiger partial charge in [-0.2, -0.15) is 0 Å². The van der Waals surface area contributed by atoms with Gasteiger partial charge in [-0.3, -0.25) is 9.59 Å². The van der Waals surface area contributed by atoms with E-state index in [1.165, 1.54) is 13.2 Å². The molecule has 248 valence electrons. The third-order valence-electron chi connectivity index (χ3n) is 6.50. The van der Waals surface area contributed by atoms with Crippen LogP contribution in [0.4, 0.5) is 10.5 Å². The van der Waals surface area contributed by atoms with E-state index in [-0.39, 0.29) is 54.4 Å². The van der Waals surface area contributed by atoms with Crippen LogP contribution in [0.2, 0.25) is 0 Å². The largest absolute Gasteiger partial charge is 0.507 e. The average molecular weight is 630 g/mol. The Morgan fingerprint density at radius 1 is 0.978 bits per heavy atom. The highest BCUT2D eigenvalue weighted by atomic mass is 16.6. The van der Waals surface area contributed by atoms with Gasteiger partial charge in [-0.25, -0.2) is 9.59 Å². The molecule has 0 radical (unpaired) electrons. The summed E-state index contributed by atoms with van der Waals surface area (Å²) in [5, 5.41) is 18.9. The zero-order valence-corrected chi connectivity index (χ0v) is 27.1. The van der Waals surface area contributed by atoms with Gasteiger partial charge < -0.3 is 40.0 Å². The van der Waals surface area contributed by atoms with Gasteiger partial charge in [-0.1, -0.05) is 25.1 Å². The van der Waals surface area contributed by atoms with Crippen molar-refractivity contribution in [3.05, 3.63) is 53.6 Å². The minimum Gasteiger partial charge on any atom is -0.507 e. The molecule has 0 aliphatic rings. The molecule has 0 saturated heterocycles. The van der Waals surface area contributed by atoms with Crippen molar-refractivity contribution in [2.24, 2.45) is 0 Å². The van der Waals surface area contributed by atoms with Gasteiger partial charge in [-0.05, 0) is 76.8 Å². The Labute approximate surface area is 265 Å². The molecule has 1 unspecified atom stereocenters. The smallest absolute Gasteiger partial charge is 0.408 e. The van der Waals surface area contributed by atoms with Crippen molar-refractivity contribution in [2.45, 2.75) is 84.4 Å². The average Bonchev–Trinajstić information content (AvgIpc) is 2.97. The standard InChI is InChI=1S/C33H47N3O9/c1-7-23(21-28(38)43-8-2)35-24-16-14-22(15-17-24)20-25(36-32(41)45-33(3,4)5)30(39)34-18-9-10-19-44-27-13-11-12-26(37)29(27)31(40)42-6/h11-17,23,25,35,37H,7-10,18-21H2,1-6H3,(H,34,39)(H,36,41)/t23?,25-/m0/s1. The summed E-state index contributed by atoms with van der Waals surface area (Å²) in [6.07, 6.45) is 1.62. The predicted octanol–water partition coefficient (Wildman–Crippen LogP) is 4.73. The van der Waals surface area contributed by atoms with Gasteiger partial charge in [-0.15, -0.1) is 0 Å². The number of hydrogen-bond donors (Lipinski definition) is 4. The Bertz CT molecular complexity index is 1260. The highest BCUT2D eigenvalue weighted by molar-refractivity contribution is 5.95. The number of phenols is 1. The normalized spacial score (nSPS) is 12.3.